The first-order valence-electron chi connectivity index (χ1n) is 36.4. The Morgan fingerprint density at radius 1 is 0.382 bits per heavy atom. The van der Waals surface area contributed by atoms with E-state index in [-0.39, 0.29) is 106 Å². The second-order valence-corrected chi connectivity index (χ2v) is 34.0. The van der Waals surface area contributed by atoms with E-state index >= 15 is 0 Å². The molecule has 3 radical (unpaired) electrons. The average molecular weight is 2060 g/mol. The molecule has 0 fully saturated rings. The van der Waals surface area contributed by atoms with E-state index in [4.69, 9.17) is 30.3 Å². The predicted molar refractivity (Wildman–Crippen MR) is 457 cm³/mol. The van der Waals surface area contributed by atoms with E-state index in [9.17, 15) is 14.4 Å². The first-order valence-corrected chi connectivity index (χ1v) is 38.8. The molecule has 9 nitrogen and oxygen atoms in total. The van der Waals surface area contributed by atoms with Crippen molar-refractivity contribution >= 4 is 82.0 Å². The molecule has 0 aliphatic rings. The Kier molecular flexibility index (Phi) is 36.3. The first kappa shape index (κ1) is 94.6. The van der Waals surface area contributed by atoms with Crippen LogP contribution in [0.15, 0.2) is 187 Å². The van der Waals surface area contributed by atoms with E-state index in [1.807, 2.05) is 22.7 Å². The number of carbonyl (C=O) groups is 3. The van der Waals surface area contributed by atoms with Crippen LogP contribution in [0.2, 0.25) is 0 Å². The summed E-state index contributed by atoms with van der Waals surface area (Å²) in [5.41, 5.74) is 27.7. The van der Waals surface area contributed by atoms with Gasteiger partial charge in [0.15, 0.2) is 17.3 Å². The molecule has 12 rings (SSSR count). The zero-order chi connectivity index (χ0) is 79.1. The molecule has 0 aliphatic heterocycles. The molecule has 110 heavy (non-hydrogen) atoms. The maximum Gasteiger partial charge on any atom is 0.155 e. The van der Waals surface area contributed by atoms with Crippen LogP contribution in [0.1, 0.15) is 204 Å². The van der Waals surface area contributed by atoms with Crippen molar-refractivity contribution in [1.29, 1.82) is 0 Å². The zero-order valence-electron chi connectivity index (χ0n) is 68.0. The second kappa shape index (κ2) is 42.2. The fourth-order valence-corrected chi connectivity index (χ4v) is 15.2. The minimum Gasteiger partial charge on any atom is -0.512 e. The summed E-state index contributed by atoms with van der Waals surface area (Å²) < 4.78 is 3.68. The Bertz CT molecular complexity index is 5050. The molecule has 0 saturated heterocycles. The minimum atomic E-state index is -0.125. The molecule has 0 bridgehead atoms. The van der Waals surface area contributed by atoms with Crippen LogP contribution in [0.3, 0.4) is 0 Å². The smallest absolute Gasteiger partial charge is 0.155 e. The van der Waals surface area contributed by atoms with Crippen molar-refractivity contribution in [2.75, 3.05) is 0 Å². The van der Waals surface area contributed by atoms with E-state index in [0.29, 0.717) is 17.8 Å². The van der Waals surface area contributed by atoms with Crippen LogP contribution in [-0.2, 0) is 85.5 Å². The summed E-state index contributed by atoms with van der Waals surface area (Å²) in [4.78, 5) is 48.8. The topological polar surface area (TPSA) is 151 Å². The number of aryl methyl sites for hydroxylation is 6. The SMILES string of the molecule is CC(=O)C=C(C)O.CC(=O)C=C(C)O.CC(=O)C=C(C)O.Cc1[c-]c(-c2ccc3sc(-c4c(C(C)C)cccc4C(C)C)cc3n2)cc(C)c1.Cc1[c-]c(-c2ccc3sc(-c4cc(C(C)(C)C)cc(C(C)(C)C)c4)cc3n2)cc(C)c1.Cc1[c-]c(-c2ccc3sc(-c4ccc(C(C)C)cc4)cc3n2)cc(C)c1.[Ir].[Ir].[Ir]. The van der Waals surface area contributed by atoms with Gasteiger partial charge in [0.25, 0.3) is 0 Å². The van der Waals surface area contributed by atoms with Crippen LogP contribution < -0.4 is 0 Å². The Labute approximate surface area is 707 Å². The molecule has 0 aliphatic carbocycles. The number of aromatic nitrogens is 3. The van der Waals surface area contributed by atoms with Gasteiger partial charge in [-0.1, -0.05) is 191 Å². The molecule has 0 spiro atoms. The van der Waals surface area contributed by atoms with Crippen molar-refractivity contribution in [2.24, 2.45) is 0 Å². The van der Waals surface area contributed by atoms with Gasteiger partial charge in [0.2, 0.25) is 0 Å². The van der Waals surface area contributed by atoms with Crippen LogP contribution in [0.4, 0.5) is 0 Å². The number of thiophene rings is 3. The molecule has 0 atom stereocenters. The number of hydrogen-bond donors (Lipinski definition) is 3. The van der Waals surface area contributed by atoms with E-state index < -0.39 is 0 Å². The van der Waals surface area contributed by atoms with Crippen LogP contribution in [0.25, 0.3) is 95.7 Å². The summed E-state index contributed by atoms with van der Waals surface area (Å²) in [5.74, 6) is 1.35. The van der Waals surface area contributed by atoms with Crippen LogP contribution in [0, 0.1) is 59.7 Å². The molecule has 6 aromatic heterocycles. The number of carbonyl (C=O) groups excluding carboxylic acids is 3. The zero-order valence-corrected chi connectivity index (χ0v) is 77.7. The standard InChI is InChI=1S/C29H32NS.C27H28NS.C24H22NS.3C5H8O2.3Ir/c1-18-11-19(2)13-20(12-18)24-9-10-26-25(30-24)17-27(31-26)21-14-22(28(3,4)5)16-23(15-21)29(6,7)8;1-16(2)21-8-7-9-22(17(3)4)27(21)26-15-24-25(29-26)11-10-23(28-24)20-13-18(5)12-19(6)14-20;1-15(2)18-5-7-19(8-6-18)24-14-22-23(26-24)10-9-21(25-22)20-12-16(3)11-17(4)13-20;3*1-4(6)3-5(2)7;;;/h9-12,14-17H,1-8H3;7-13,15-17H,1-6H3;5-12,14-15H,1-4H3;3*3,6H,1-2H3;;;/q3*-1;;;;;;. The van der Waals surface area contributed by atoms with E-state index in [1.165, 1.54) is 150 Å². The summed E-state index contributed by atoms with van der Waals surface area (Å²) >= 11 is 5.48. The number of ketones is 3. The molecule has 0 unspecified atom stereocenters. The summed E-state index contributed by atoms with van der Waals surface area (Å²) in [7, 11) is 0. The fraction of sp³-hybridized carbons (Fsp3) is 0.305. The molecule has 15 heteroatoms. The van der Waals surface area contributed by atoms with E-state index in [0.717, 1.165) is 67.0 Å². The van der Waals surface area contributed by atoms with Gasteiger partial charge in [0.1, 0.15) is 0 Å². The Morgan fingerprint density at radius 3 is 0.964 bits per heavy atom. The van der Waals surface area contributed by atoms with Gasteiger partial charge in [-0.15, -0.1) is 139 Å². The van der Waals surface area contributed by atoms with Crippen molar-refractivity contribution in [3.63, 3.8) is 0 Å². The van der Waals surface area contributed by atoms with Crippen LogP contribution in [0.5, 0.6) is 0 Å². The number of pyridine rings is 3. The monoisotopic (exact) mass is 2060 g/mol. The van der Waals surface area contributed by atoms with Gasteiger partial charge < -0.3 is 15.3 Å². The largest absolute Gasteiger partial charge is 0.512 e. The Balaban J connectivity index is 0.000000304. The van der Waals surface area contributed by atoms with Crippen molar-refractivity contribution in [2.45, 2.75) is 195 Å². The van der Waals surface area contributed by atoms with Crippen molar-refractivity contribution in [1.82, 2.24) is 15.0 Å². The molecule has 0 saturated carbocycles. The van der Waals surface area contributed by atoms with Crippen LogP contribution in [-0.4, -0.2) is 47.6 Å². The third-order valence-corrected chi connectivity index (χ3v) is 20.4. The average Bonchev–Trinajstić information content (AvgIpc) is 1.66. The Morgan fingerprint density at radius 2 is 0.691 bits per heavy atom. The number of aliphatic hydroxyl groups is 3. The number of fused-ring (bicyclic) bond motifs is 3. The van der Waals surface area contributed by atoms with Gasteiger partial charge in [0.05, 0.1) is 47.9 Å². The van der Waals surface area contributed by atoms with Gasteiger partial charge in [-0.25, -0.2) is 0 Å². The summed E-state index contributed by atoms with van der Waals surface area (Å²) in [6, 6.07) is 65.7. The molecule has 585 valence electrons. The van der Waals surface area contributed by atoms with E-state index in [2.05, 4.69) is 294 Å². The van der Waals surface area contributed by atoms with Crippen molar-refractivity contribution in [3.8, 4) is 65.1 Å². The molecule has 0 amide bonds. The molecule has 12 aromatic rings. The number of rotatable bonds is 12. The van der Waals surface area contributed by atoms with Gasteiger partial charge in [-0.05, 0) is 180 Å². The minimum absolute atomic E-state index is 0. The van der Waals surface area contributed by atoms with Crippen molar-refractivity contribution in [3.05, 3.63) is 267 Å². The van der Waals surface area contributed by atoms with Gasteiger partial charge >= 0.3 is 0 Å². The normalized spacial score (nSPS) is 11.5. The number of aliphatic hydroxyl groups excluding tert-OH is 3. The molecular weight excluding hydrogens is 1950 g/mol. The number of benzene rings is 6. The second-order valence-electron chi connectivity index (χ2n) is 30.7. The van der Waals surface area contributed by atoms with E-state index in [1.54, 1.807) is 11.3 Å². The van der Waals surface area contributed by atoms with Crippen LogP contribution >= 0.6 is 34.0 Å². The third kappa shape index (κ3) is 28.2. The maximum absolute atomic E-state index is 10.0. The predicted octanol–water partition coefficient (Wildman–Crippen LogP) is 27.2. The number of allylic oxidation sites excluding steroid dienone is 6. The first-order chi connectivity index (χ1) is 50.1. The summed E-state index contributed by atoms with van der Waals surface area (Å²) in [6.07, 6.45) is 3.50. The summed E-state index contributed by atoms with van der Waals surface area (Å²) in [5, 5.41) is 25.1. The Hall–Kier alpha value is -7.77. The maximum atomic E-state index is 10.0. The van der Waals surface area contributed by atoms with Gasteiger partial charge in [0, 0.05) is 93.2 Å². The molecule has 6 aromatic carbocycles. The number of hydrogen-bond acceptors (Lipinski definition) is 12. The summed E-state index contributed by atoms with van der Waals surface area (Å²) in [6.45, 7) is 48.5. The molecule has 3 N–H and O–H groups in total. The van der Waals surface area contributed by atoms with Gasteiger partial charge in [-0.3, -0.25) is 29.3 Å². The molecule has 6 heterocycles. The third-order valence-electron chi connectivity index (χ3n) is 17.1. The fourth-order valence-electron chi connectivity index (χ4n) is 12.1. The van der Waals surface area contributed by atoms with Crippen molar-refractivity contribution < 1.29 is 90.0 Å². The quantitative estimate of drug-likeness (QED) is 0.0617. The van der Waals surface area contributed by atoms with Gasteiger partial charge in [-0.2, -0.15) is 0 Å². The molecular formula is C95H106Ir3N3O6S3-3. The number of nitrogens with zero attached hydrogens (tertiary/aromatic N) is 3.